The summed E-state index contributed by atoms with van der Waals surface area (Å²) in [5.74, 6) is 1.23. The van der Waals surface area contributed by atoms with Crippen LogP contribution in [0.1, 0.15) is 23.7 Å². The van der Waals surface area contributed by atoms with E-state index in [1.165, 1.54) is 11.1 Å². The van der Waals surface area contributed by atoms with Gasteiger partial charge in [-0.25, -0.2) is 9.78 Å². The molecule has 2 aromatic carbocycles. The molecule has 7 heteroatoms. The zero-order chi connectivity index (χ0) is 21.3. The van der Waals surface area contributed by atoms with Gasteiger partial charge in [0.15, 0.2) is 0 Å². The van der Waals surface area contributed by atoms with Gasteiger partial charge in [-0.05, 0) is 50.1 Å². The molecule has 0 fully saturated rings. The van der Waals surface area contributed by atoms with Crippen LogP contribution in [0.4, 0.5) is 27.9 Å². The minimum atomic E-state index is -0.243. The van der Waals surface area contributed by atoms with Crippen molar-refractivity contribution < 1.29 is 4.79 Å². The summed E-state index contributed by atoms with van der Waals surface area (Å²) in [6.45, 7) is 7.02. The molecular weight excluding hydrogens is 376 g/mol. The van der Waals surface area contributed by atoms with Crippen molar-refractivity contribution in [2.45, 2.75) is 27.2 Å². The molecule has 0 saturated carbocycles. The van der Waals surface area contributed by atoms with E-state index in [4.69, 9.17) is 0 Å². The van der Waals surface area contributed by atoms with Crippen molar-refractivity contribution in [2.75, 3.05) is 29.0 Å². The van der Waals surface area contributed by atoms with Crippen LogP contribution in [0.2, 0.25) is 0 Å². The van der Waals surface area contributed by atoms with E-state index in [1.54, 1.807) is 0 Å². The number of hydrogen-bond acceptors (Lipinski definition) is 5. The number of benzene rings is 2. The summed E-state index contributed by atoms with van der Waals surface area (Å²) in [5.41, 5.74) is 5.03. The quantitative estimate of drug-likeness (QED) is 0.411. The fraction of sp³-hybridized carbons (Fsp3) is 0.261. The third-order valence-corrected chi connectivity index (χ3v) is 4.49. The number of urea groups is 1. The van der Waals surface area contributed by atoms with Crippen molar-refractivity contribution in [3.05, 3.63) is 71.4 Å². The van der Waals surface area contributed by atoms with Crippen molar-refractivity contribution >= 4 is 29.2 Å². The van der Waals surface area contributed by atoms with Gasteiger partial charge in [0.05, 0.1) is 0 Å². The first-order valence-electron chi connectivity index (χ1n) is 10.1. The van der Waals surface area contributed by atoms with Crippen LogP contribution in [0.25, 0.3) is 0 Å². The Hall–Kier alpha value is -3.61. The number of aromatic nitrogens is 2. The van der Waals surface area contributed by atoms with Crippen LogP contribution in [0.5, 0.6) is 0 Å². The fourth-order valence-corrected chi connectivity index (χ4v) is 2.85. The lowest BCUT2D eigenvalue weighted by Gasteiger charge is -2.11. The second kappa shape index (κ2) is 10.2. The number of carbonyl (C=O) groups excluding carboxylic acids is 1. The lowest BCUT2D eigenvalue weighted by atomic mass is 10.1. The van der Waals surface area contributed by atoms with Gasteiger partial charge < -0.3 is 21.3 Å². The molecule has 30 heavy (non-hydrogen) atoms. The monoisotopic (exact) mass is 404 g/mol. The molecule has 0 radical (unpaired) electrons. The Morgan fingerprint density at radius 2 is 1.60 bits per heavy atom. The molecule has 0 atom stereocenters. The zero-order valence-corrected chi connectivity index (χ0v) is 17.6. The van der Waals surface area contributed by atoms with Crippen LogP contribution in [0, 0.1) is 13.8 Å². The van der Waals surface area contributed by atoms with Crippen molar-refractivity contribution in [3.8, 4) is 0 Å². The minimum absolute atomic E-state index is 0.243. The molecule has 0 aliphatic carbocycles. The normalized spacial score (nSPS) is 10.4. The Bertz CT molecular complexity index is 970. The molecule has 0 bridgehead atoms. The van der Waals surface area contributed by atoms with Crippen molar-refractivity contribution in [1.82, 2.24) is 15.3 Å². The molecule has 4 N–H and O–H groups in total. The third-order valence-electron chi connectivity index (χ3n) is 4.49. The molecule has 0 aliphatic heterocycles. The highest BCUT2D eigenvalue weighted by atomic mass is 16.2. The molecule has 2 amide bonds. The molecule has 0 spiro atoms. The van der Waals surface area contributed by atoms with Gasteiger partial charge in [0.1, 0.15) is 5.82 Å². The van der Waals surface area contributed by atoms with Crippen molar-refractivity contribution in [1.29, 1.82) is 0 Å². The predicted molar refractivity (Wildman–Crippen MR) is 123 cm³/mol. The standard InChI is InChI=1S/C23H28N6O/c1-4-18-7-11-20(12-8-18)28-23(30)25-14-13-24-22-26-17(3)15-21(29-22)27-19-9-5-16(2)6-10-19/h5-12,15H,4,13-14H2,1-3H3,(H2,25,28,30)(H2,24,26,27,29). The summed E-state index contributed by atoms with van der Waals surface area (Å²) in [5, 5.41) is 12.1. The van der Waals surface area contributed by atoms with Crippen LogP contribution >= 0.6 is 0 Å². The third kappa shape index (κ3) is 6.48. The van der Waals surface area contributed by atoms with E-state index in [1.807, 2.05) is 61.5 Å². The number of nitrogens with zero attached hydrogens (tertiary/aromatic N) is 2. The molecule has 0 aliphatic rings. The molecular formula is C23H28N6O. The fourth-order valence-electron chi connectivity index (χ4n) is 2.85. The second-order valence-corrected chi connectivity index (χ2v) is 7.07. The highest BCUT2D eigenvalue weighted by Crippen LogP contribution is 2.17. The Labute approximate surface area is 177 Å². The highest BCUT2D eigenvalue weighted by molar-refractivity contribution is 5.89. The molecule has 1 heterocycles. The molecule has 0 saturated heterocycles. The summed E-state index contributed by atoms with van der Waals surface area (Å²) < 4.78 is 0. The van der Waals surface area contributed by atoms with E-state index in [-0.39, 0.29) is 6.03 Å². The smallest absolute Gasteiger partial charge is 0.319 e. The summed E-state index contributed by atoms with van der Waals surface area (Å²) in [6, 6.07) is 17.6. The van der Waals surface area contributed by atoms with E-state index in [9.17, 15) is 4.79 Å². The van der Waals surface area contributed by atoms with Crippen molar-refractivity contribution in [3.63, 3.8) is 0 Å². The maximum absolute atomic E-state index is 12.0. The lowest BCUT2D eigenvalue weighted by molar-refractivity contribution is 0.252. The average Bonchev–Trinajstić information content (AvgIpc) is 2.73. The summed E-state index contributed by atoms with van der Waals surface area (Å²) in [4.78, 5) is 20.9. The van der Waals surface area contributed by atoms with Gasteiger partial charge in [0.2, 0.25) is 5.95 Å². The molecule has 3 aromatic rings. The van der Waals surface area contributed by atoms with Crippen LogP contribution in [-0.2, 0) is 6.42 Å². The van der Waals surface area contributed by atoms with E-state index in [0.717, 1.165) is 29.3 Å². The molecule has 3 rings (SSSR count). The van der Waals surface area contributed by atoms with Gasteiger partial charge in [0, 0.05) is 36.2 Å². The number of anilines is 4. The molecule has 156 valence electrons. The van der Waals surface area contributed by atoms with Crippen LogP contribution < -0.4 is 21.3 Å². The Morgan fingerprint density at radius 3 is 2.30 bits per heavy atom. The van der Waals surface area contributed by atoms with Crippen molar-refractivity contribution in [2.24, 2.45) is 0 Å². The number of hydrogen-bond donors (Lipinski definition) is 4. The van der Waals surface area contributed by atoms with Crippen LogP contribution in [0.3, 0.4) is 0 Å². The summed E-state index contributed by atoms with van der Waals surface area (Å²) in [7, 11) is 0. The van der Waals surface area contributed by atoms with Gasteiger partial charge >= 0.3 is 6.03 Å². The average molecular weight is 405 g/mol. The lowest BCUT2D eigenvalue weighted by Crippen LogP contribution is -2.32. The van der Waals surface area contributed by atoms with E-state index < -0.39 is 0 Å². The first-order valence-corrected chi connectivity index (χ1v) is 10.1. The number of carbonyl (C=O) groups is 1. The SMILES string of the molecule is CCc1ccc(NC(=O)NCCNc2nc(C)cc(Nc3ccc(C)cc3)n2)cc1. The first kappa shape index (κ1) is 21.1. The summed E-state index contributed by atoms with van der Waals surface area (Å²) >= 11 is 0. The maximum atomic E-state index is 12.0. The second-order valence-electron chi connectivity index (χ2n) is 7.07. The number of nitrogens with one attached hydrogen (secondary N) is 4. The number of amides is 2. The van der Waals surface area contributed by atoms with Crippen LogP contribution in [-0.4, -0.2) is 29.1 Å². The molecule has 7 nitrogen and oxygen atoms in total. The zero-order valence-electron chi connectivity index (χ0n) is 17.6. The van der Waals surface area contributed by atoms with Gasteiger partial charge in [-0.2, -0.15) is 4.98 Å². The van der Waals surface area contributed by atoms with Gasteiger partial charge in [-0.15, -0.1) is 0 Å². The molecule has 0 unspecified atom stereocenters. The topological polar surface area (TPSA) is 91.0 Å². The van der Waals surface area contributed by atoms with Gasteiger partial charge in [-0.3, -0.25) is 0 Å². The van der Waals surface area contributed by atoms with Crippen LogP contribution in [0.15, 0.2) is 54.6 Å². The van der Waals surface area contributed by atoms with E-state index >= 15 is 0 Å². The highest BCUT2D eigenvalue weighted by Gasteiger charge is 2.04. The minimum Gasteiger partial charge on any atom is -0.352 e. The van der Waals surface area contributed by atoms with Gasteiger partial charge in [0.25, 0.3) is 0 Å². The Morgan fingerprint density at radius 1 is 0.900 bits per heavy atom. The van der Waals surface area contributed by atoms with E-state index in [0.29, 0.717) is 19.0 Å². The van der Waals surface area contributed by atoms with Gasteiger partial charge in [-0.1, -0.05) is 36.8 Å². The Balaban J connectivity index is 1.46. The molecule has 1 aromatic heterocycles. The first-order chi connectivity index (χ1) is 14.5. The maximum Gasteiger partial charge on any atom is 0.319 e. The predicted octanol–water partition coefficient (Wildman–Crippen LogP) is 4.63. The largest absolute Gasteiger partial charge is 0.352 e. The summed E-state index contributed by atoms with van der Waals surface area (Å²) in [6.07, 6.45) is 0.974. The number of aryl methyl sites for hydroxylation is 3. The number of rotatable bonds is 8. The van der Waals surface area contributed by atoms with E-state index in [2.05, 4.69) is 45.1 Å². The Kier molecular flexibility index (Phi) is 7.21.